The zero-order chi connectivity index (χ0) is 36.5. The van der Waals surface area contributed by atoms with Crippen molar-refractivity contribution in [2.75, 3.05) is 50.8 Å². The van der Waals surface area contributed by atoms with E-state index < -0.39 is 35.0 Å². The van der Waals surface area contributed by atoms with Gasteiger partial charge in [-0.2, -0.15) is 9.97 Å². The molecule has 1 amide bonds. The van der Waals surface area contributed by atoms with Gasteiger partial charge in [0.2, 0.25) is 0 Å². The molecule has 0 unspecified atom stereocenters. The molecule has 276 valence electrons. The first-order valence-corrected chi connectivity index (χ1v) is 18.0. The molecule has 11 nitrogen and oxygen atoms in total. The minimum absolute atomic E-state index is 0.0775. The highest BCUT2D eigenvalue weighted by Gasteiger charge is 2.50. The lowest BCUT2D eigenvalue weighted by Crippen LogP contribution is -2.54. The Bertz CT molecular complexity index is 2060. The number of anilines is 1. The van der Waals surface area contributed by atoms with E-state index in [0.717, 1.165) is 19.4 Å². The number of aromatic hydroxyl groups is 1. The van der Waals surface area contributed by atoms with Gasteiger partial charge in [-0.05, 0) is 81.1 Å². The van der Waals surface area contributed by atoms with Gasteiger partial charge in [0.25, 0.3) is 0 Å². The number of amides is 1. The number of carbonyl (C=O) groups excluding carboxylic acids is 1. The van der Waals surface area contributed by atoms with E-state index in [0.29, 0.717) is 73.2 Å². The Morgan fingerprint density at radius 2 is 1.96 bits per heavy atom. The first kappa shape index (κ1) is 34.6. The molecule has 6 heterocycles. The summed E-state index contributed by atoms with van der Waals surface area (Å²) in [6, 6.07) is 5.33. The molecule has 0 saturated carbocycles. The van der Waals surface area contributed by atoms with Crippen LogP contribution in [0.1, 0.15) is 52.5 Å². The van der Waals surface area contributed by atoms with Crippen LogP contribution in [0.25, 0.3) is 32.9 Å². The Hall–Kier alpha value is -4.43. The van der Waals surface area contributed by atoms with Gasteiger partial charge in [0.05, 0.1) is 29.7 Å². The maximum absolute atomic E-state index is 17.1. The number of carbonyl (C=O) groups is 1. The lowest BCUT2D eigenvalue weighted by Gasteiger charge is -2.37. The van der Waals surface area contributed by atoms with Crippen molar-refractivity contribution in [2.45, 2.75) is 82.8 Å². The molecule has 8 rings (SSSR count). The number of alkyl halides is 1. The van der Waals surface area contributed by atoms with Crippen LogP contribution in [0, 0.1) is 11.6 Å². The van der Waals surface area contributed by atoms with E-state index >= 15 is 8.78 Å². The van der Waals surface area contributed by atoms with Gasteiger partial charge in [0.1, 0.15) is 47.0 Å². The van der Waals surface area contributed by atoms with Crippen LogP contribution in [-0.4, -0.2) is 111 Å². The summed E-state index contributed by atoms with van der Waals surface area (Å²) >= 11 is 0. The van der Waals surface area contributed by atoms with Crippen LogP contribution in [0.5, 0.6) is 11.8 Å². The average Bonchev–Trinajstić information content (AvgIpc) is 3.78. The lowest BCUT2D eigenvalue weighted by molar-refractivity contribution is -0.0567. The second-order valence-electron chi connectivity index (χ2n) is 15.4. The number of hydrogen-bond acceptors (Lipinski definition) is 10. The molecule has 4 fully saturated rings. The van der Waals surface area contributed by atoms with Crippen molar-refractivity contribution in [1.29, 1.82) is 0 Å². The number of benzene rings is 2. The van der Waals surface area contributed by atoms with Crippen molar-refractivity contribution in [3.63, 3.8) is 0 Å². The highest BCUT2D eigenvalue weighted by Crippen LogP contribution is 2.42. The molecule has 4 aliphatic rings. The largest absolute Gasteiger partial charge is 0.508 e. The number of ether oxygens (including phenoxy) is 3. The standard InChI is InChI=1S/C38H43F3N6O5/c1-5-24-27(40)8-7-21-13-23(48)14-25(30(21)24)32-31(41)33-26(16-42-32)34(44-35(43-33)51-20-38-9-6-10-46(38)17-22(39)15-38)45-18-28-29(19-45)50-12-11-47(28)36(49)52-37(2,3)4/h7-8,13-14,16,22,28-29,48H,5-6,9-12,15,17-20H2,1-4H3/t22-,28-,29+,38+/m1/s1. The average molecular weight is 721 g/mol. The molecular weight excluding hydrogens is 677 g/mol. The first-order chi connectivity index (χ1) is 24.8. The van der Waals surface area contributed by atoms with Crippen molar-refractivity contribution in [3.05, 3.63) is 47.7 Å². The van der Waals surface area contributed by atoms with E-state index in [1.807, 2.05) is 32.6 Å². The predicted octanol–water partition coefficient (Wildman–Crippen LogP) is 6.17. The molecule has 4 saturated heterocycles. The van der Waals surface area contributed by atoms with Crippen LogP contribution >= 0.6 is 0 Å². The number of fused-ring (bicyclic) bond motifs is 4. The van der Waals surface area contributed by atoms with Gasteiger partial charge in [-0.3, -0.25) is 14.8 Å². The molecule has 1 N–H and O–H groups in total. The summed E-state index contributed by atoms with van der Waals surface area (Å²) in [7, 11) is 0. The molecule has 4 atom stereocenters. The number of nitrogens with zero attached hydrogens (tertiary/aromatic N) is 6. The summed E-state index contributed by atoms with van der Waals surface area (Å²) in [6.45, 7) is 9.87. The third-order valence-electron chi connectivity index (χ3n) is 10.9. The molecular formula is C38H43F3N6O5. The van der Waals surface area contributed by atoms with Crippen LogP contribution in [0.4, 0.5) is 23.8 Å². The normalized spacial score (nSPS) is 24.9. The minimum Gasteiger partial charge on any atom is -0.508 e. The molecule has 0 bridgehead atoms. The third kappa shape index (κ3) is 6.03. The van der Waals surface area contributed by atoms with Crippen molar-refractivity contribution in [1.82, 2.24) is 24.8 Å². The highest BCUT2D eigenvalue weighted by atomic mass is 19.1. The quantitative estimate of drug-likeness (QED) is 0.248. The van der Waals surface area contributed by atoms with E-state index in [2.05, 4.69) is 14.9 Å². The van der Waals surface area contributed by atoms with Crippen molar-refractivity contribution in [3.8, 4) is 23.0 Å². The summed E-state index contributed by atoms with van der Waals surface area (Å²) < 4.78 is 64.9. The second-order valence-corrected chi connectivity index (χ2v) is 15.4. The number of phenolic OH excluding ortho intramolecular Hbond substituents is 1. The van der Waals surface area contributed by atoms with E-state index in [1.54, 1.807) is 11.0 Å². The molecule has 0 radical (unpaired) electrons. The summed E-state index contributed by atoms with van der Waals surface area (Å²) in [5, 5.41) is 11.9. The van der Waals surface area contributed by atoms with Gasteiger partial charge in [-0.25, -0.2) is 18.0 Å². The summed E-state index contributed by atoms with van der Waals surface area (Å²) in [6.07, 6.45) is 2.08. The summed E-state index contributed by atoms with van der Waals surface area (Å²) in [5.41, 5.74) is -0.770. The number of rotatable bonds is 6. The molecule has 14 heteroatoms. The monoisotopic (exact) mass is 720 g/mol. The minimum atomic E-state index is -0.959. The van der Waals surface area contributed by atoms with Crippen LogP contribution in [0.2, 0.25) is 0 Å². The van der Waals surface area contributed by atoms with E-state index in [1.165, 1.54) is 24.4 Å². The van der Waals surface area contributed by atoms with Crippen molar-refractivity contribution >= 4 is 33.6 Å². The van der Waals surface area contributed by atoms with Gasteiger partial charge in [-0.15, -0.1) is 0 Å². The number of phenols is 1. The number of pyridine rings is 1. The fraction of sp³-hybridized carbons (Fsp3) is 0.526. The Morgan fingerprint density at radius 3 is 2.75 bits per heavy atom. The molecule has 2 aromatic carbocycles. The van der Waals surface area contributed by atoms with Gasteiger partial charge in [0, 0.05) is 44.4 Å². The van der Waals surface area contributed by atoms with Crippen molar-refractivity contribution in [2.24, 2.45) is 0 Å². The zero-order valence-corrected chi connectivity index (χ0v) is 29.8. The van der Waals surface area contributed by atoms with Crippen LogP contribution in [0.3, 0.4) is 0 Å². The Kier molecular flexibility index (Phi) is 8.60. The smallest absolute Gasteiger partial charge is 0.410 e. The third-order valence-corrected chi connectivity index (χ3v) is 10.9. The predicted molar refractivity (Wildman–Crippen MR) is 188 cm³/mol. The van der Waals surface area contributed by atoms with Gasteiger partial charge in [-0.1, -0.05) is 13.0 Å². The Morgan fingerprint density at radius 1 is 1.13 bits per heavy atom. The number of hydrogen-bond donors (Lipinski definition) is 1. The SMILES string of the molecule is CCc1c(F)ccc2cc(O)cc(-c3ncc4c(N5C[C@@H]6OCCN(C(=O)OC(C)(C)C)[C@@H]6C5)nc(OC[C@@]56CCCN5C[C@H](F)C6)nc4c3F)c12. The summed E-state index contributed by atoms with van der Waals surface area (Å²) in [5.74, 6) is -1.01. The number of aryl methyl sites for hydroxylation is 1. The number of morpholine rings is 1. The zero-order valence-electron chi connectivity index (χ0n) is 29.8. The van der Waals surface area contributed by atoms with Crippen LogP contribution in [-0.2, 0) is 15.9 Å². The number of aromatic nitrogens is 3. The van der Waals surface area contributed by atoms with Crippen molar-refractivity contribution < 1.29 is 37.3 Å². The fourth-order valence-electron chi connectivity index (χ4n) is 8.60. The maximum Gasteiger partial charge on any atom is 0.410 e. The van der Waals surface area contributed by atoms with Gasteiger partial charge in [0.15, 0.2) is 5.82 Å². The number of halogens is 3. The van der Waals surface area contributed by atoms with Gasteiger partial charge < -0.3 is 24.2 Å². The topological polar surface area (TPSA) is 113 Å². The summed E-state index contributed by atoms with van der Waals surface area (Å²) in [4.78, 5) is 32.9. The molecule has 4 aliphatic heterocycles. The second kappa shape index (κ2) is 12.9. The molecule has 2 aromatic heterocycles. The Labute approximate surface area is 299 Å². The maximum atomic E-state index is 17.1. The lowest BCUT2D eigenvalue weighted by atomic mass is 9.94. The van der Waals surface area contributed by atoms with E-state index in [4.69, 9.17) is 19.2 Å². The van der Waals surface area contributed by atoms with Crippen LogP contribution < -0.4 is 9.64 Å². The molecule has 0 spiro atoms. The van der Waals surface area contributed by atoms with E-state index in [-0.39, 0.29) is 47.3 Å². The fourth-order valence-corrected chi connectivity index (χ4v) is 8.60. The van der Waals surface area contributed by atoms with E-state index in [9.17, 15) is 14.3 Å². The van der Waals surface area contributed by atoms with Crippen LogP contribution in [0.15, 0.2) is 30.5 Å². The highest BCUT2D eigenvalue weighted by molar-refractivity contribution is 6.01. The molecule has 52 heavy (non-hydrogen) atoms. The first-order valence-electron chi connectivity index (χ1n) is 18.0. The molecule has 0 aliphatic carbocycles. The molecule has 4 aromatic rings. The van der Waals surface area contributed by atoms with Gasteiger partial charge >= 0.3 is 12.1 Å². The Balaban J connectivity index is 1.23.